The molecular weight excluding hydrogens is 396 g/mol. The second-order valence-corrected chi connectivity index (χ2v) is 6.83. The average molecular weight is 420 g/mol. The van der Waals surface area contributed by atoms with Crippen LogP contribution in [0.3, 0.4) is 0 Å². The lowest BCUT2D eigenvalue weighted by atomic mass is 10.1. The van der Waals surface area contributed by atoms with E-state index in [0.717, 1.165) is 23.5 Å². The minimum Gasteiger partial charge on any atom is -0.494 e. The van der Waals surface area contributed by atoms with Gasteiger partial charge in [0, 0.05) is 12.6 Å². The number of hydrogen-bond acceptors (Lipinski definition) is 5. The Bertz CT molecular complexity index is 990. The molecule has 3 rings (SSSR count). The number of nitro groups is 1. The van der Waals surface area contributed by atoms with Crippen molar-refractivity contribution in [1.82, 2.24) is 5.32 Å². The topological polar surface area (TPSA) is 90.7 Å². The maximum atomic E-state index is 12.1. The number of para-hydroxylation sites is 1. The third kappa shape index (κ3) is 6.85. The molecule has 7 heteroatoms. The molecule has 31 heavy (non-hydrogen) atoms. The lowest BCUT2D eigenvalue weighted by molar-refractivity contribution is -0.385. The lowest BCUT2D eigenvalue weighted by Gasteiger charge is -2.09. The van der Waals surface area contributed by atoms with Crippen LogP contribution in [0.15, 0.2) is 78.9 Å². The van der Waals surface area contributed by atoms with Crippen LogP contribution in [0.5, 0.6) is 11.5 Å². The molecule has 0 unspecified atom stereocenters. The number of carbonyl (C=O) groups excluding carboxylic acids is 1. The Hall–Kier alpha value is -3.87. The predicted molar refractivity (Wildman–Crippen MR) is 117 cm³/mol. The van der Waals surface area contributed by atoms with Crippen molar-refractivity contribution in [3.8, 4) is 11.5 Å². The van der Waals surface area contributed by atoms with E-state index in [-0.39, 0.29) is 11.3 Å². The Labute approximate surface area is 180 Å². The molecule has 0 atom stereocenters. The van der Waals surface area contributed by atoms with E-state index in [1.54, 1.807) is 6.07 Å². The summed E-state index contributed by atoms with van der Waals surface area (Å²) in [6, 6.07) is 23.3. The molecule has 0 fully saturated rings. The summed E-state index contributed by atoms with van der Waals surface area (Å²) in [4.78, 5) is 22.6. The summed E-state index contributed by atoms with van der Waals surface area (Å²) >= 11 is 0. The largest absolute Gasteiger partial charge is 0.494 e. The first-order valence-electron chi connectivity index (χ1n) is 10.0. The van der Waals surface area contributed by atoms with Gasteiger partial charge in [0.15, 0.2) is 0 Å². The predicted octanol–water partition coefficient (Wildman–Crippen LogP) is 4.76. The third-order valence-electron chi connectivity index (χ3n) is 4.54. The van der Waals surface area contributed by atoms with Gasteiger partial charge in [0.25, 0.3) is 11.6 Å². The molecular formula is C24H24N2O5. The average Bonchev–Trinajstić information content (AvgIpc) is 2.81. The number of amides is 1. The molecule has 0 aliphatic carbocycles. The second-order valence-electron chi connectivity index (χ2n) is 6.83. The van der Waals surface area contributed by atoms with Crippen molar-refractivity contribution in [3.63, 3.8) is 0 Å². The fourth-order valence-corrected chi connectivity index (χ4v) is 2.91. The minimum atomic E-state index is -0.555. The first-order chi connectivity index (χ1) is 15.1. The first-order valence-corrected chi connectivity index (χ1v) is 10.0. The molecule has 160 valence electrons. The normalized spacial score (nSPS) is 10.3. The van der Waals surface area contributed by atoms with Crippen molar-refractivity contribution >= 4 is 11.6 Å². The van der Waals surface area contributed by atoms with Gasteiger partial charge in [-0.1, -0.05) is 42.5 Å². The third-order valence-corrected chi connectivity index (χ3v) is 4.54. The summed E-state index contributed by atoms with van der Waals surface area (Å²) in [5, 5.41) is 13.7. The highest BCUT2D eigenvalue weighted by atomic mass is 16.6. The maximum absolute atomic E-state index is 12.1. The number of nitro benzene ring substituents is 1. The number of rotatable bonds is 11. The number of nitrogens with one attached hydrogen (secondary N) is 1. The van der Waals surface area contributed by atoms with Crippen molar-refractivity contribution in [2.45, 2.75) is 19.4 Å². The molecule has 3 aromatic rings. The number of nitrogens with zero attached hydrogens (tertiary/aromatic N) is 1. The van der Waals surface area contributed by atoms with Gasteiger partial charge in [0.05, 0.1) is 11.5 Å². The number of hydrogen-bond donors (Lipinski definition) is 1. The highest BCUT2D eigenvalue weighted by molar-refractivity contribution is 5.98. The Morgan fingerprint density at radius 2 is 1.48 bits per heavy atom. The molecule has 0 saturated heterocycles. The van der Waals surface area contributed by atoms with Crippen LogP contribution in [0.4, 0.5) is 5.69 Å². The van der Waals surface area contributed by atoms with Crippen LogP contribution < -0.4 is 14.8 Å². The SMILES string of the molecule is O=C(NCCCCOc1ccc(OCc2ccccc2)cc1)c1ccccc1[N+](=O)[O-]. The first kappa shape index (κ1) is 21.8. The van der Waals surface area contributed by atoms with Gasteiger partial charge in [-0.2, -0.15) is 0 Å². The summed E-state index contributed by atoms with van der Waals surface area (Å²) in [6.07, 6.45) is 1.44. The van der Waals surface area contributed by atoms with Crippen molar-refractivity contribution in [3.05, 3.63) is 100 Å². The van der Waals surface area contributed by atoms with Gasteiger partial charge in [-0.15, -0.1) is 0 Å². The molecule has 0 bridgehead atoms. The van der Waals surface area contributed by atoms with Gasteiger partial charge in [0.1, 0.15) is 23.7 Å². The zero-order chi connectivity index (χ0) is 21.9. The number of benzene rings is 3. The van der Waals surface area contributed by atoms with E-state index in [1.807, 2.05) is 54.6 Å². The highest BCUT2D eigenvalue weighted by Gasteiger charge is 2.18. The van der Waals surface area contributed by atoms with Crippen LogP contribution >= 0.6 is 0 Å². The van der Waals surface area contributed by atoms with E-state index in [9.17, 15) is 14.9 Å². The van der Waals surface area contributed by atoms with Crippen molar-refractivity contribution in [1.29, 1.82) is 0 Å². The van der Waals surface area contributed by atoms with Crippen molar-refractivity contribution in [2.75, 3.05) is 13.2 Å². The number of carbonyl (C=O) groups is 1. The van der Waals surface area contributed by atoms with Crippen LogP contribution in [-0.2, 0) is 6.61 Å². The van der Waals surface area contributed by atoms with Crippen LogP contribution in [0.2, 0.25) is 0 Å². The Morgan fingerprint density at radius 3 is 2.19 bits per heavy atom. The van der Waals surface area contributed by atoms with Gasteiger partial charge < -0.3 is 14.8 Å². The van der Waals surface area contributed by atoms with Crippen LogP contribution in [0.1, 0.15) is 28.8 Å². The van der Waals surface area contributed by atoms with E-state index in [0.29, 0.717) is 26.2 Å². The number of ether oxygens (including phenoxy) is 2. The molecule has 3 aromatic carbocycles. The van der Waals surface area contributed by atoms with E-state index < -0.39 is 10.8 Å². The van der Waals surface area contributed by atoms with Gasteiger partial charge in [-0.05, 0) is 48.7 Å². The standard InChI is InChI=1S/C24H24N2O5/c27-24(22-10-4-5-11-23(22)26(28)29)25-16-6-7-17-30-20-12-14-21(15-13-20)31-18-19-8-2-1-3-9-19/h1-5,8-15H,6-7,16-18H2,(H,25,27). The maximum Gasteiger partial charge on any atom is 0.282 e. The smallest absolute Gasteiger partial charge is 0.282 e. The molecule has 0 aliphatic heterocycles. The van der Waals surface area contributed by atoms with Gasteiger partial charge in [-0.3, -0.25) is 14.9 Å². The molecule has 0 heterocycles. The van der Waals surface area contributed by atoms with Crippen molar-refractivity contribution < 1.29 is 19.2 Å². The Morgan fingerprint density at radius 1 is 0.839 bits per heavy atom. The van der Waals surface area contributed by atoms with Gasteiger partial charge in [0.2, 0.25) is 0 Å². The monoisotopic (exact) mass is 420 g/mol. The van der Waals surface area contributed by atoms with Crippen molar-refractivity contribution in [2.24, 2.45) is 0 Å². The van der Waals surface area contributed by atoms with E-state index >= 15 is 0 Å². The molecule has 1 amide bonds. The molecule has 1 N–H and O–H groups in total. The van der Waals surface area contributed by atoms with Gasteiger partial charge in [-0.25, -0.2) is 0 Å². The molecule has 0 saturated carbocycles. The van der Waals surface area contributed by atoms with Crippen LogP contribution in [0, 0.1) is 10.1 Å². The molecule has 0 spiro atoms. The number of unbranched alkanes of at least 4 members (excludes halogenated alkanes) is 1. The van der Waals surface area contributed by atoms with Gasteiger partial charge >= 0.3 is 0 Å². The van der Waals surface area contributed by atoms with Crippen LogP contribution in [-0.4, -0.2) is 24.0 Å². The fraction of sp³-hybridized carbons (Fsp3) is 0.208. The molecule has 7 nitrogen and oxygen atoms in total. The fourth-order valence-electron chi connectivity index (χ4n) is 2.91. The summed E-state index contributed by atoms with van der Waals surface area (Å²) in [7, 11) is 0. The second kappa shape index (κ2) is 11.3. The Balaban J connectivity index is 1.33. The minimum absolute atomic E-state index is 0.0679. The molecule has 0 radical (unpaired) electrons. The van der Waals surface area contributed by atoms with Crippen LogP contribution in [0.25, 0.3) is 0 Å². The summed E-state index contributed by atoms with van der Waals surface area (Å²) in [5.74, 6) is 1.07. The lowest BCUT2D eigenvalue weighted by Crippen LogP contribution is -2.25. The zero-order valence-corrected chi connectivity index (χ0v) is 17.0. The van der Waals surface area contributed by atoms with E-state index in [4.69, 9.17) is 9.47 Å². The summed E-state index contributed by atoms with van der Waals surface area (Å²) in [6.45, 7) is 1.44. The zero-order valence-electron chi connectivity index (χ0n) is 17.0. The summed E-state index contributed by atoms with van der Waals surface area (Å²) in [5.41, 5.74) is 0.981. The quantitative estimate of drug-likeness (QED) is 0.274. The molecule has 0 aromatic heterocycles. The molecule has 0 aliphatic rings. The summed E-state index contributed by atoms with van der Waals surface area (Å²) < 4.78 is 11.5. The van der Waals surface area contributed by atoms with E-state index in [2.05, 4.69) is 5.32 Å². The van der Waals surface area contributed by atoms with E-state index in [1.165, 1.54) is 18.2 Å². The Kier molecular flexibility index (Phi) is 7.99. The highest BCUT2D eigenvalue weighted by Crippen LogP contribution is 2.19.